The molecule has 0 aliphatic carbocycles. The number of nitrogens with zero attached hydrogens (tertiary/aromatic N) is 3. The Hall–Kier alpha value is -2.53. The molecule has 0 saturated carbocycles. The van der Waals surface area contributed by atoms with Gasteiger partial charge in [0.25, 0.3) is 15.9 Å². The van der Waals surface area contributed by atoms with Crippen LogP contribution in [0.3, 0.4) is 0 Å². The van der Waals surface area contributed by atoms with Crippen molar-refractivity contribution in [2.75, 3.05) is 16.6 Å². The summed E-state index contributed by atoms with van der Waals surface area (Å²) in [5.41, 5.74) is 5.13. The third-order valence-corrected chi connectivity index (χ3v) is 6.37. The van der Waals surface area contributed by atoms with Gasteiger partial charge in [-0.2, -0.15) is 8.42 Å². The predicted octanol–water partition coefficient (Wildman–Crippen LogP) is 0.502. The summed E-state index contributed by atoms with van der Waals surface area (Å²) in [7, 11) is -2.15. The van der Waals surface area contributed by atoms with E-state index in [1.165, 1.54) is 41.6 Å². The molecule has 2 heterocycles. The van der Waals surface area contributed by atoms with Gasteiger partial charge in [-0.25, -0.2) is 4.98 Å². The van der Waals surface area contributed by atoms with E-state index in [0.717, 1.165) is 4.90 Å². The molecular formula is C15H17N5O4S2. The lowest BCUT2D eigenvalue weighted by molar-refractivity contribution is -0.119. The first-order valence-corrected chi connectivity index (χ1v) is 10.1. The molecule has 1 aliphatic rings. The van der Waals surface area contributed by atoms with E-state index in [4.69, 9.17) is 0 Å². The van der Waals surface area contributed by atoms with Crippen LogP contribution in [0.15, 0.2) is 40.6 Å². The summed E-state index contributed by atoms with van der Waals surface area (Å²) in [5.74, 6) is -0.351. The molecule has 0 saturated heterocycles. The lowest BCUT2D eigenvalue weighted by atomic mass is 10.2. The van der Waals surface area contributed by atoms with Crippen LogP contribution >= 0.6 is 11.8 Å². The zero-order valence-corrected chi connectivity index (χ0v) is 15.7. The number of fused-ring (bicyclic) bond motifs is 1. The van der Waals surface area contributed by atoms with Gasteiger partial charge in [0.1, 0.15) is 0 Å². The highest BCUT2D eigenvalue weighted by molar-refractivity contribution is 8.00. The van der Waals surface area contributed by atoms with E-state index in [2.05, 4.69) is 15.8 Å². The standard InChI is InChI=1S/C15H17N5O4S2/c1-10(21)17-18-15(22)11-3-4-13-12(7-11)20(5-6-25-13)26(23,24)14-8-19(2)9-16-14/h3-4,7-9H,5-6H2,1-2H3,(H,17,21)(H,18,22). The lowest BCUT2D eigenvalue weighted by Gasteiger charge is -2.29. The van der Waals surface area contributed by atoms with Gasteiger partial charge in [-0.15, -0.1) is 11.8 Å². The fraction of sp³-hybridized carbons (Fsp3) is 0.267. The number of carbonyl (C=O) groups excluding carboxylic acids is 2. The first-order chi connectivity index (χ1) is 12.3. The van der Waals surface area contributed by atoms with Crippen molar-refractivity contribution in [1.82, 2.24) is 20.4 Å². The Morgan fingerprint density at radius 2 is 2.04 bits per heavy atom. The number of anilines is 1. The Balaban J connectivity index is 1.97. The summed E-state index contributed by atoms with van der Waals surface area (Å²) < 4.78 is 28.7. The number of imidazole rings is 1. The van der Waals surface area contributed by atoms with Gasteiger partial charge in [0, 0.05) is 42.9 Å². The molecule has 0 unspecified atom stereocenters. The zero-order valence-electron chi connectivity index (χ0n) is 14.1. The molecular weight excluding hydrogens is 378 g/mol. The second kappa shape index (κ2) is 7.00. The van der Waals surface area contributed by atoms with Crippen molar-refractivity contribution in [1.29, 1.82) is 0 Å². The maximum absolute atomic E-state index is 12.9. The molecule has 3 rings (SSSR count). The third kappa shape index (κ3) is 3.53. The highest BCUT2D eigenvalue weighted by Gasteiger charge is 2.31. The number of nitrogens with one attached hydrogen (secondary N) is 2. The molecule has 0 bridgehead atoms. The smallest absolute Gasteiger partial charge is 0.283 e. The van der Waals surface area contributed by atoms with Crippen molar-refractivity contribution in [3.05, 3.63) is 36.3 Å². The van der Waals surface area contributed by atoms with E-state index in [1.54, 1.807) is 23.7 Å². The van der Waals surface area contributed by atoms with Crippen molar-refractivity contribution in [3.63, 3.8) is 0 Å². The Labute approximate surface area is 154 Å². The Bertz CT molecular complexity index is 970. The molecule has 0 atom stereocenters. The fourth-order valence-electron chi connectivity index (χ4n) is 2.44. The number of rotatable bonds is 3. The minimum atomic E-state index is -3.84. The summed E-state index contributed by atoms with van der Waals surface area (Å²) >= 11 is 1.51. The number of sulfonamides is 1. The molecule has 9 nitrogen and oxygen atoms in total. The van der Waals surface area contributed by atoms with Crippen LogP contribution in [-0.4, -0.2) is 42.1 Å². The molecule has 0 fully saturated rings. The minimum Gasteiger partial charge on any atom is -0.339 e. The first kappa shape index (κ1) is 18.3. The van der Waals surface area contributed by atoms with Crippen molar-refractivity contribution < 1.29 is 18.0 Å². The first-order valence-electron chi connectivity index (χ1n) is 7.63. The van der Waals surface area contributed by atoms with E-state index >= 15 is 0 Å². The quantitative estimate of drug-likeness (QED) is 0.732. The lowest BCUT2D eigenvalue weighted by Crippen LogP contribution is -2.40. The van der Waals surface area contributed by atoms with Gasteiger partial charge in [0.15, 0.2) is 5.03 Å². The van der Waals surface area contributed by atoms with Crippen LogP contribution in [0.1, 0.15) is 17.3 Å². The van der Waals surface area contributed by atoms with Crippen LogP contribution in [0.4, 0.5) is 5.69 Å². The molecule has 1 aromatic heterocycles. The summed E-state index contributed by atoms with van der Waals surface area (Å²) in [4.78, 5) is 27.8. The van der Waals surface area contributed by atoms with Crippen molar-refractivity contribution in [3.8, 4) is 0 Å². The molecule has 0 radical (unpaired) electrons. The van der Waals surface area contributed by atoms with E-state index in [0.29, 0.717) is 11.4 Å². The number of aryl methyl sites for hydroxylation is 1. The molecule has 26 heavy (non-hydrogen) atoms. The highest BCUT2D eigenvalue weighted by Crippen LogP contribution is 2.38. The second-order valence-electron chi connectivity index (χ2n) is 5.62. The molecule has 138 valence electrons. The van der Waals surface area contributed by atoms with E-state index in [1.807, 2.05) is 0 Å². The Morgan fingerprint density at radius 1 is 1.27 bits per heavy atom. The number of hydrogen-bond acceptors (Lipinski definition) is 6. The van der Waals surface area contributed by atoms with Crippen LogP contribution in [0.5, 0.6) is 0 Å². The van der Waals surface area contributed by atoms with E-state index in [-0.39, 0.29) is 17.1 Å². The monoisotopic (exact) mass is 395 g/mol. The van der Waals surface area contributed by atoms with E-state index in [9.17, 15) is 18.0 Å². The van der Waals surface area contributed by atoms with Crippen molar-refractivity contribution in [2.24, 2.45) is 7.05 Å². The van der Waals surface area contributed by atoms with Crippen LogP contribution in [-0.2, 0) is 21.9 Å². The average Bonchev–Trinajstić information content (AvgIpc) is 3.05. The topological polar surface area (TPSA) is 113 Å². The van der Waals surface area contributed by atoms with Gasteiger partial charge in [-0.3, -0.25) is 24.7 Å². The van der Waals surface area contributed by atoms with Crippen molar-refractivity contribution in [2.45, 2.75) is 16.8 Å². The maximum Gasteiger partial charge on any atom is 0.283 e. The molecule has 2 amide bonds. The van der Waals surface area contributed by atoms with Crippen LogP contribution < -0.4 is 15.2 Å². The SMILES string of the molecule is CC(=O)NNC(=O)c1ccc2c(c1)N(S(=O)(=O)c1cn(C)cn1)CCS2. The van der Waals surface area contributed by atoms with Gasteiger partial charge >= 0.3 is 0 Å². The van der Waals surface area contributed by atoms with Crippen LogP contribution in [0, 0.1) is 0 Å². The summed E-state index contributed by atoms with van der Waals surface area (Å²) in [6.07, 6.45) is 2.86. The van der Waals surface area contributed by atoms with Gasteiger partial charge in [0.2, 0.25) is 5.91 Å². The number of benzene rings is 1. The third-order valence-electron chi connectivity index (χ3n) is 3.63. The summed E-state index contributed by atoms with van der Waals surface area (Å²) in [6, 6.07) is 4.78. The summed E-state index contributed by atoms with van der Waals surface area (Å²) in [5, 5.41) is -0.0500. The number of amides is 2. The second-order valence-corrected chi connectivity index (χ2v) is 8.57. The summed E-state index contributed by atoms with van der Waals surface area (Å²) in [6.45, 7) is 1.54. The molecule has 2 N–H and O–H groups in total. The average molecular weight is 395 g/mol. The van der Waals surface area contributed by atoms with E-state index < -0.39 is 21.8 Å². The van der Waals surface area contributed by atoms with Gasteiger partial charge in [-0.05, 0) is 18.2 Å². The Kier molecular flexibility index (Phi) is 4.92. The number of carbonyl (C=O) groups is 2. The number of hydrazine groups is 1. The van der Waals surface area contributed by atoms with Crippen LogP contribution in [0.2, 0.25) is 0 Å². The molecule has 2 aromatic rings. The molecule has 0 spiro atoms. The van der Waals surface area contributed by atoms with Gasteiger partial charge in [-0.1, -0.05) is 0 Å². The van der Waals surface area contributed by atoms with Crippen LogP contribution in [0.25, 0.3) is 0 Å². The number of thioether (sulfide) groups is 1. The molecule has 1 aliphatic heterocycles. The fourth-order valence-corrected chi connectivity index (χ4v) is 5.03. The number of aromatic nitrogens is 2. The van der Waals surface area contributed by atoms with Gasteiger partial charge < -0.3 is 4.57 Å². The molecule has 1 aromatic carbocycles. The van der Waals surface area contributed by atoms with Gasteiger partial charge in [0.05, 0.1) is 12.0 Å². The molecule has 11 heteroatoms. The maximum atomic E-state index is 12.9. The minimum absolute atomic E-state index is 0.0500. The normalized spacial score (nSPS) is 13.8. The van der Waals surface area contributed by atoms with Crippen molar-refractivity contribution >= 4 is 39.3 Å². The number of hydrogen-bond donors (Lipinski definition) is 2. The largest absolute Gasteiger partial charge is 0.339 e. The predicted molar refractivity (Wildman–Crippen MR) is 96.2 cm³/mol. The highest BCUT2D eigenvalue weighted by atomic mass is 32.2. The zero-order chi connectivity index (χ0) is 18.9. The Morgan fingerprint density at radius 3 is 2.69 bits per heavy atom.